The van der Waals surface area contributed by atoms with Crippen molar-refractivity contribution in [2.24, 2.45) is 0 Å². The van der Waals surface area contributed by atoms with Gasteiger partial charge in [-0.25, -0.2) is 9.37 Å². The molecule has 4 aromatic rings. The molecule has 6 nitrogen and oxygen atoms in total. The highest BCUT2D eigenvalue weighted by atomic mass is 32.1. The standard InChI is InChI=1S/C20H16FN5OS/c21-15-8-6-14(7-9-15)16-10-18(26-25-16)24-19(27)17-12-23-20(28-17)22-11-13-4-2-1-3-5-13/h1-10,12H,11H2,(H,22,23)(H2,24,25,26,27). The number of benzene rings is 2. The van der Waals surface area contributed by atoms with Gasteiger partial charge in [-0.2, -0.15) is 5.10 Å². The van der Waals surface area contributed by atoms with E-state index < -0.39 is 0 Å². The van der Waals surface area contributed by atoms with Crippen LogP contribution in [0.2, 0.25) is 0 Å². The van der Waals surface area contributed by atoms with Crippen LogP contribution in [0.25, 0.3) is 11.3 Å². The number of H-pyrrole nitrogens is 1. The number of thiazole rings is 1. The maximum Gasteiger partial charge on any atom is 0.268 e. The molecule has 0 aliphatic carbocycles. The Labute approximate surface area is 164 Å². The molecule has 1 amide bonds. The molecule has 28 heavy (non-hydrogen) atoms. The zero-order valence-corrected chi connectivity index (χ0v) is 15.5. The van der Waals surface area contributed by atoms with Gasteiger partial charge in [-0.1, -0.05) is 41.7 Å². The van der Waals surface area contributed by atoms with Gasteiger partial charge in [0, 0.05) is 12.6 Å². The Bertz CT molecular complexity index is 1080. The third-order valence-electron chi connectivity index (χ3n) is 3.99. The van der Waals surface area contributed by atoms with E-state index in [0.717, 1.165) is 11.1 Å². The maximum atomic E-state index is 13.0. The van der Waals surface area contributed by atoms with Crippen molar-refractivity contribution in [1.29, 1.82) is 0 Å². The molecule has 0 radical (unpaired) electrons. The molecular formula is C20H16FN5OS. The Morgan fingerprint density at radius 1 is 1.11 bits per heavy atom. The summed E-state index contributed by atoms with van der Waals surface area (Å²) in [5, 5.41) is 13.5. The second kappa shape index (κ2) is 8.01. The van der Waals surface area contributed by atoms with Gasteiger partial charge in [0.2, 0.25) is 0 Å². The average Bonchev–Trinajstić information content (AvgIpc) is 3.38. The molecular weight excluding hydrogens is 377 g/mol. The van der Waals surface area contributed by atoms with Crippen molar-refractivity contribution in [2.75, 3.05) is 10.6 Å². The summed E-state index contributed by atoms with van der Waals surface area (Å²) < 4.78 is 13.0. The minimum atomic E-state index is -0.307. The van der Waals surface area contributed by atoms with Gasteiger partial charge in [-0.05, 0) is 35.4 Å². The quantitative estimate of drug-likeness (QED) is 0.449. The van der Waals surface area contributed by atoms with Crippen LogP contribution in [0.15, 0.2) is 66.9 Å². The molecule has 4 rings (SSSR count). The lowest BCUT2D eigenvalue weighted by molar-refractivity contribution is 0.103. The largest absolute Gasteiger partial charge is 0.357 e. The summed E-state index contributed by atoms with van der Waals surface area (Å²) in [6.07, 6.45) is 1.53. The van der Waals surface area contributed by atoms with Crippen molar-refractivity contribution in [2.45, 2.75) is 6.54 Å². The van der Waals surface area contributed by atoms with E-state index in [2.05, 4.69) is 25.8 Å². The van der Waals surface area contributed by atoms with Crippen LogP contribution >= 0.6 is 11.3 Å². The molecule has 140 valence electrons. The summed E-state index contributed by atoms with van der Waals surface area (Å²) in [5.41, 5.74) is 2.60. The summed E-state index contributed by atoms with van der Waals surface area (Å²) >= 11 is 1.27. The van der Waals surface area contributed by atoms with E-state index in [1.54, 1.807) is 18.2 Å². The van der Waals surface area contributed by atoms with Gasteiger partial charge in [0.1, 0.15) is 10.7 Å². The Hall–Kier alpha value is -3.52. The fourth-order valence-corrected chi connectivity index (χ4v) is 3.28. The molecule has 8 heteroatoms. The zero-order valence-electron chi connectivity index (χ0n) is 14.6. The Morgan fingerprint density at radius 2 is 1.89 bits per heavy atom. The zero-order chi connectivity index (χ0) is 19.3. The van der Waals surface area contributed by atoms with Gasteiger partial charge in [0.25, 0.3) is 5.91 Å². The Balaban J connectivity index is 1.38. The molecule has 0 atom stereocenters. The lowest BCUT2D eigenvalue weighted by atomic mass is 10.1. The van der Waals surface area contributed by atoms with Gasteiger partial charge in [0.05, 0.1) is 11.9 Å². The molecule has 0 saturated heterocycles. The van der Waals surface area contributed by atoms with Crippen molar-refractivity contribution in [1.82, 2.24) is 15.2 Å². The van der Waals surface area contributed by atoms with Crippen molar-refractivity contribution in [3.05, 3.63) is 83.1 Å². The third-order valence-corrected chi connectivity index (χ3v) is 4.94. The second-order valence-electron chi connectivity index (χ2n) is 6.00. The number of aromatic nitrogens is 3. The minimum absolute atomic E-state index is 0.289. The number of carbonyl (C=O) groups excluding carboxylic acids is 1. The summed E-state index contributed by atoms with van der Waals surface area (Å²) in [6, 6.07) is 17.7. The highest BCUT2D eigenvalue weighted by molar-refractivity contribution is 7.17. The predicted molar refractivity (Wildman–Crippen MR) is 108 cm³/mol. The molecule has 0 fully saturated rings. The van der Waals surface area contributed by atoms with E-state index in [9.17, 15) is 9.18 Å². The fraction of sp³-hybridized carbons (Fsp3) is 0.0500. The molecule has 2 aromatic heterocycles. The summed E-state index contributed by atoms with van der Waals surface area (Å²) in [4.78, 5) is 17.1. The van der Waals surface area contributed by atoms with Gasteiger partial charge in [0.15, 0.2) is 10.9 Å². The lowest BCUT2D eigenvalue weighted by Crippen LogP contribution is -2.10. The molecule has 0 unspecified atom stereocenters. The highest BCUT2D eigenvalue weighted by Gasteiger charge is 2.13. The number of halogens is 1. The van der Waals surface area contributed by atoms with Crippen LogP contribution in [0.5, 0.6) is 0 Å². The first-order valence-corrected chi connectivity index (χ1v) is 9.35. The molecule has 0 aliphatic rings. The van der Waals surface area contributed by atoms with Crippen molar-refractivity contribution >= 4 is 28.2 Å². The van der Waals surface area contributed by atoms with Crippen molar-refractivity contribution in [3.8, 4) is 11.3 Å². The number of amides is 1. The van der Waals surface area contributed by atoms with Crippen molar-refractivity contribution < 1.29 is 9.18 Å². The number of rotatable bonds is 6. The molecule has 3 N–H and O–H groups in total. The van der Waals surface area contributed by atoms with E-state index in [1.807, 2.05) is 30.3 Å². The SMILES string of the molecule is O=C(Nc1cc(-c2ccc(F)cc2)[nH]n1)c1cnc(NCc2ccccc2)s1. The van der Waals surface area contributed by atoms with Crippen LogP contribution < -0.4 is 10.6 Å². The highest BCUT2D eigenvalue weighted by Crippen LogP contribution is 2.22. The molecule has 2 aromatic carbocycles. The Kier molecular flexibility index (Phi) is 5.11. The van der Waals surface area contributed by atoms with Crippen LogP contribution in [0, 0.1) is 5.82 Å². The average molecular weight is 393 g/mol. The van der Waals surface area contributed by atoms with Gasteiger partial charge in [-0.15, -0.1) is 0 Å². The van der Waals surface area contributed by atoms with Crippen LogP contribution in [-0.2, 0) is 6.54 Å². The van der Waals surface area contributed by atoms with E-state index in [-0.39, 0.29) is 11.7 Å². The molecule has 0 aliphatic heterocycles. The normalized spacial score (nSPS) is 10.6. The number of nitrogens with zero attached hydrogens (tertiary/aromatic N) is 2. The number of nitrogens with one attached hydrogen (secondary N) is 3. The Morgan fingerprint density at radius 3 is 2.68 bits per heavy atom. The van der Waals surface area contributed by atoms with E-state index in [0.29, 0.717) is 28.1 Å². The molecule has 2 heterocycles. The number of hydrogen-bond acceptors (Lipinski definition) is 5. The molecule has 0 spiro atoms. The van der Waals surface area contributed by atoms with Gasteiger partial charge >= 0.3 is 0 Å². The topological polar surface area (TPSA) is 82.7 Å². The van der Waals surface area contributed by atoms with Crippen LogP contribution in [0.4, 0.5) is 15.3 Å². The molecule has 0 saturated carbocycles. The number of anilines is 2. The first kappa shape index (κ1) is 17.9. The van der Waals surface area contributed by atoms with Gasteiger partial charge < -0.3 is 10.6 Å². The summed E-state index contributed by atoms with van der Waals surface area (Å²) in [7, 11) is 0. The van der Waals surface area contributed by atoms with Gasteiger partial charge in [-0.3, -0.25) is 9.89 Å². The third kappa shape index (κ3) is 4.24. The molecule has 0 bridgehead atoms. The lowest BCUT2D eigenvalue weighted by Gasteiger charge is -2.01. The first-order valence-electron chi connectivity index (χ1n) is 8.54. The van der Waals surface area contributed by atoms with E-state index in [1.165, 1.54) is 29.7 Å². The first-order chi connectivity index (χ1) is 13.7. The number of carbonyl (C=O) groups is 1. The minimum Gasteiger partial charge on any atom is -0.357 e. The van der Waals surface area contributed by atoms with Crippen LogP contribution in [0.1, 0.15) is 15.2 Å². The second-order valence-corrected chi connectivity index (χ2v) is 7.03. The summed E-state index contributed by atoms with van der Waals surface area (Å²) in [6.45, 7) is 0.635. The van der Waals surface area contributed by atoms with E-state index >= 15 is 0 Å². The number of aromatic amines is 1. The van der Waals surface area contributed by atoms with Crippen molar-refractivity contribution in [3.63, 3.8) is 0 Å². The maximum absolute atomic E-state index is 13.0. The smallest absolute Gasteiger partial charge is 0.268 e. The predicted octanol–water partition coefficient (Wildman–Crippen LogP) is 4.54. The monoisotopic (exact) mass is 393 g/mol. The number of hydrogen-bond donors (Lipinski definition) is 3. The van der Waals surface area contributed by atoms with Crippen LogP contribution in [-0.4, -0.2) is 21.1 Å². The fourth-order valence-electron chi connectivity index (χ4n) is 2.58. The van der Waals surface area contributed by atoms with E-state index in [4.69, 9.17) is 0 Å². The van der Waals surface area contributed by atoms with Crippen LogP contribution in [0.3, 0.4) is 0 Å². The summed E-state index contributed by atoms with van der Waals surface area (Å²) in [5.74, 6) is -0.211.